The van der Waals surface area contributed by atoms with Crippen LogP contribution in [-0.4, -0.2) is 23.8 Å². The molecule has 0 saturated heterocycles. The number of unbranched alkanes of at least 4 members (excludes halogenated alkanes) is 9. The minimum atomic E-state index is -0.597. The largest absolute Gasteiger partial charge is 0.466 e. The Balaban J connectivity index is 3.08. The normalized spacial score (nSPS) is 12.4. The molecule has 0 bridgehead atoms. The van der Waals surface area contributed by atoms with Crippen LogP contribution in [0.1, 0.15) is 84.5 Å². The van der Waals surface area contributed by atoms with E-state index in [0.29, 0.717) is 6.61 Å². The summed E-state index contributed by atoms with van der Waals surface area (Å²) >= 11 is 0. The van der Waals surface area contributed by atoms with Crippen molar-refractivity contribution in [1.29, 1.82) is 0 Å². The zero-order valence-corrected chi connectivity index (χ0v) is 12.8. The van der Waals surface area contributed by atoms with Gasteiger partial charge in [0.15, 0.2) is 0 Å². The number of aliphatic hydroxyl groups excluding tert-OH is 1. The molecule has 0 aromatic carbocycles. The highest BCUT2D eigenvalue weighted by atomic mass is 16.5. The lowest BCUT2D eigenvalue weighted by molar-refractivity contribution is -0.145. The maximum atomic E-state index is 11.1. The zero-order chi connectivity index (χ0) is 14.3. The van der Waals surface area contributed by atoms with Gasteiger partial charge in [-0.25, -0.2) is 0 Å². The van der Waals surface area contributed by atoms with Gasteiger partial charge < -0.3 is 9.84 Å². The molecule has 0 rings (SSSR count). The minimum absolute atomic E-state index is 0.109. The van der Waals surface area contributed by atoms with Crippen LogP contribution in [0.5, 0.6) is 0 Å². The van der Waals surface area contributed by atoms with Crippen LogP contribution in [0, 0.1) is 0 Å². The smallest absolute Gasteiger partial charge is 0.308 e. The van der Waals surface area contributed by atoms with E-state index < -0.39 is 6.10 Å². The average Bonchev–Trinajstić information content (AvgIpc) is 2.35. The van der Waals surface area contributed by atoms with E-state index in [1.165, 1.54) is 51.4 Å². The molecule has 0 aliphatic heterocycles. The third kappa shape index (κ3) is 15.4. The van der Waals surface area contributed by atoms with Crippen molar-refractivity contribution in [3.63, 3.8) is 0 Å². The predicted molar refractivity (Wildman–Crippen MR) is 79.1 cm³/mol. The summed E-state index contributed by atoms with van der Waals surface area (Å²) in [6.07, 6.45) is 12.3. The predicted octanol–water partition coefficient (Wildman–Crippen LogP) is 4.22. The fourth-order valence-corrected chi connectivity index (χ4v) is 2.08. The van der Waals surface area contributed by atoms with Crippen LogP contribution in [0.2, 0.25) is 0 Å². The summed E-state index contributed by atoms with van der Waals surface area (Å²) in [6.45, 7) is 4.35. The Morgan fingerprint density at radius 1 is 0.947 bits per heavy atom. The summed E-state index contributed by atoms with van der Waals surface area (Å²) in [5.41, 5.74) is 0. The first kappa shape index (κ1) is 18.4. The summed E-state index contributed by atoms with van der Waals surface area (Å²) in [5.74, 6) is -0.286. The first-order chi connectivity index (χ1) is 9.16. The van der Waals surface area contributed by atoms with Crippen LogP contribution < -0.4 is 0 Å². The van der Waals surface area contributed by atoms with E-state index in [9.17, 15) is 4.79 Å². The van der Waals surface area contributed by atoms with Crippen LogP contribution in [-0.2, 0) is 9.53 Å². The lowest BCUT2D eigenvalue weighted by Crippen LogP contribution is -2.13. The van der Waals surface area contributed by atoms with Crippen molar-refractivity contribution in [2.24, 2.45) is 0 Å². The molecule has 0 aliphatic carbocycles. The number of esters is 1. The third-order valence-electron chi connectivity index (χ3n) is 3.22. The monoisotopic (exact) mass is 272 g/mol. The van der Waals surface area contributed by atoms with Crippen LogP contribution >= 0.6 is 0 Å². The van der Waals surface area contributed by atoms with Gasteiger partial charge in [-0.2, -0.15) is 0 Å². The Bertz CT molecular complexity index is 202. The second-order valence-electron chi connectivity index (χ2n) is 5.46. The molecule has 3 nitrogen and oxygen atoms in total. The fourth-order valence-electron chi connectivity index (χ4n) is 2.08. The quantitative estimate of drug-likeness (QED) is 0.403. The van der Waals surface area contributed by atoms with Gasteiger partial charge in [0, 0.05) is 0 Å². The van der Waals surface area contributed by atoms with Crippen molar-refractivity contribution in [2.45, 2.75) is 90.6 Å². The molecule has 0 aliphatic rings. The fraction of sp³-hybridized carbons (Fsp3) is 0.938. The third-order valence-corrected chi connectivity index (χ3v) is 3.22. The standard InChI is InChI=1S/C16H32O3/c1-3-4-5-6-7-8-9-10-11-12-13-19-16(18)14-15(2)17/h15,17H,3-14H2,1-2H3. The van der Waals surface area contributed by atoms with Gasteiger partial charge in [0.2, 0.25) is 0 Å². The van der Waals surface area contributed by atoms with Crippen molar-refractivity contribution >= 4 is 5.97 Å². The number of aliphatic hydroxyl groups is 1. The van der Waals surface area contributed by atoms with E-state index in [2.05, 4.69) is 6.92 Å². The molecule has 19 heavy (non-hydrogen) atoms. The Morgan fingerprint density at radius 2 is 1.42 bits per heavy atom. The highest BCUT2D eigenvalue weighted by Gasteiger charge is 2.06. The van der Waals surface area contributed by atoms with Gasteiger partial charge in [0.05, 0.1) is 19.1 Å². The molecule has 114 valence electrons. The Kier molecular flexibility index (Phi) is 13.4. The lowest BCUT2D eigenvalue weighted by Gasteiger charge is -2.06. The van der Waals surface area contributed by atoms with Crippen molar-refractivity contribution in [3.05, 3.63) is 0 Å². The summed E-state index contributed by atoms with van der Waals surface area (Å²) in [7, 11) is 0. The number of rotatable bonds is 13. The Morgan fingerprint density at radius 3 is 1.89 bits per heavy atom. The van der Waals surface area contributed by atoms with Crippen molar-refractivity contribution < 1.29 is 14.6 Å². The van der Waals surface area contributed by atoms with Gasteiger partial charge in [-0.15, -0.1) is 0 Å². The lowest BCUT2D eigenvalue weighted by atomic mass is 10.1. The van der Waals surface area contributed by atoms with E-state index in [0.717, 1.165) is 12.8 Å². The molecule has 0 saturated carbocycles. The molecule has 0 aromatic heterocycles. The second kappa shape index (κ2) is 13.9. The van der Waals surface area contributed by atoms with E-state index in [1.807, 2.05) is 0 Å². The molecular formula is C16H32O3. The van der Waals surface area contributed by atoms with E-state index >= 15 is 0 Å². The topological polar surface area (TPSA) is 46.5 Å². The van der Waals surface area contributed by atoms with Crippen molar-refractivity contribution in [2.75, 3.05) is 6.61 Å². The molecule has 1 unspecified atom stereocenters. The van der Waals surface area contributed by atoms with Gasteiger partial charge in [-0.05, 0) is 13.3 Å². The molecule has 0 fully saturated rings. The van der Waals surface area contributed by atoms with Gasteiger partial charge in [-0.3, -0.25) is 4.79 Å². The second-order valence-corrected chi connectivity index (χ2v) is 5.46. The van der Waals surface area contributed by atoms with Crippen LogP contribution in [0.3, 0.4) is 0 Å². The van der Waals surface area contributed by atoms with Gasteiger partial charge in [-0.1, -0.05) is 64.7 Å². The van der Waals surface area contributed by atoms with Gasteiger partial charge >= 0.3 is 5.97 Å². The average molecular weight is 272 g/mol. The molecule has 0 aromatic rings. The van der Waals surface area contributed by atoms with Crippen LogP contribution in [0.15, 0.2) is 0 Å². The first-order valence-electron chi connectivity index (χ1n) is 8.00. The first-order valence-corrected chi connectivity index (χ1v) is 8.00. The summed E-state index contributed by atoms with van der Waals surface area (Å²) < 4.78 is 5.03. The summed E-state index contributed by atoms with van der Waals surface area (Å²) in [4.78, 5) is 11.1. The number of carbonyl (C=O) groups is 1. The summed E-state index contributed by atoms with van der Waals surface area (Å²) in [5, 5.41) is 9.00. The molecule has 0 radical (unpaired) electrons. The molecule has 1 N–H and O–H groups in total. The maximum absolute atomic E-state index is 11.1. The SMILES string of the molecule is CCCCCCCCCCCCOC(=O)CC(C)O. The highest BCUT2D eigenvalue weighted by Crippen LogP contribution is 2.10. The van der Waals surface area contributed by atoms with Gasteiger partial charge in [0.1, 0.15) is 0 Å². The van der Waals surface area contributed by atoms with E-state index in [4.69, 9.17) is 9.84 Å². The van der Waals surface area contributed by atoms with Crippen LogP contribution in [0.4, 0.5) is 0 Å². The molecule has 0 heterocycles. The number of ether oxygens (including phenoxy) is 1. The van der Waals surface area contributed by atoms with E-state index in [-0.39, 0.29) is 12.4 Å². The summed E-state index contributed by atoms with van der Waals surface area (Å²) in [6, 6.07) is 0. The number of hydrogen-bond donors (Lipinski definition) is 1. The van der Waals surface area contributed by atoms with Crippen molar-refractivity contribution in [1.82, 2.24) is 0 Å². The zero-order valence-electron chi connectivity index (χ0n) is 12.8. The molecule has 0 amide bonds. The Labute approximate surface area is 118 Å². The number of hydrogen-bond acceptors (Lipinski definition) is 3. The minimum Gasteiger partial charge on any atom is -0.466 e. The molecular weight excluding hydrogens is 240 g/mol. The molecule has 3 heteroatoms. The van der Waals surface area contributed by atoms with Crippen LogP contribution in [0.25, 0.3) is 0 Å². The maximum Gasteiger partial charge on any atom is 0.308 e. The van der Waals surface area contributed by atoms with Crippen molar-refractivity contribution in [3.8, 4) is 0 Å². The van der Waals surface area contributed by atoms with Gasteiger partial charge in [0.25, 0.3) is 0 Å². The van der Waals surface area contributed by atoms with E-state index in [1.54, 1.807) is 6.92 Å². The molecule has 1 atom stereocenters. The highest BCUT2D eigenvalue weighted by molar-refractivity contribution is 5.69. The Hall–Kier alpha value is -0.570. The number of carbonyl (C=O) groups excluding carboxylic acids is 1. The molecule has 0 spiro atoms.